The van der Waals surface area contributed by atoms with Gasteiger partial charge in [-0.2, -0.15) is 0 Å². The van der Waals surface area contributed by atoms with E-state index >= 15 is 0 Å². The number of hydrogen-bond acceptors (Lipinski definition) is 3. The summed E-state index contributed by atoms with van der Waals surface area (Å²) >= 11 is 0. The molecule has 3 nitrogen and oxygen atoms in total. The average Bonchev–Trinajstić information content (AvgIpc) is 2.36. The van der Waals surface area contributed by atoms with Crippen LogP contribution in [0.4, 0.5) is 4.39 Å². The fourth-order valence-corrected chi connectivity index (χ4v) is 2.06. The van der Waals surface area contributed by atoms with Crippen LogP contribution in [-0.2, 0) is 6.42 Å². The lowest BCUT2D eigenvalue weighted by Crippen LogP contribution is -2.55. The maximum absolute atomic E-state index is 13.1. The van der Waals surface area contributed by atoms with E-state index in [1.165, 1.54) is 12.1 Å². The Morgan fingerprint density at radius 2 is 2.00 bits per heavy atom. The number of aliphatic hydroxyl groups excluding tert-OH is 2. The predicted molar refractivity (Wildman–Crippen MR) is 69.9 cm³/mol. The van der Waals surface area contributed by atoms with Crippen LogP contribution in [-0.4, -0.2) is 35.0 Å². The molecule has 0 heterocycles. The van der Waals surface area contributed by atoms with Crippen LogP contribution in [0.1, 0.15) is 25.8 Å². The molecule has 1 aromatic rings. The van der Waals surface area contributed by atoms with Crippen LogP contribution < -0.4 is 5.32 Å². The molecule has 0 aliphatic rings. The third-order valence-electron chi connectivity index (χ3n) is 3.27. The average molecular weight is 255 g/mol. The topological polar surface area (TPSA) is 52.5 Å². The Labute approximate surface area is 108 Å². The van der Waals surface area contributed by atoms with Gasteiger partial charge in [0.2, 0.25) is 0 Å². The zero-order chi connectivity index (χ0) is 13.6. The van der Waals surface area contributed by atoms with E-state index in [1.807, 2.05) is 19.9 Å². The second-order valence-corrected chi connectivity index (χ2v) is 4.83. The number of hydrogen-bond donors (Lipinski definition) is 3. The lowest BCUT2D eigenvalue weighted by molar-refractivity contribution is 0.0793. The van der Waals surface area contributed by atoms with E-state index in [-0.39, 0.29) is 25.1 Å². The van der Waals surface area contributed by atoms with Gasteiger partial charge in [0.05, 0.1) is 18.8 Å². The number of nitrogens with one attached hydrogen (secondary N) is 1. The Balaban J connectivity index is 2.63. The summed E-state index contributed by atoms with van der Waals surface area (Å²) in [6.07, 6.45) is 1.28. The van der Waals surface area contributed by atoms with Crippen molar-refractivity contribution in [2.45, 2.75) is 38.3 Å². The smallest absolute Gasteiger partial charge is 0.123 e. The van der Waals surface area contributed by atoms with E-state index < -0.39 is 5.54 Å². The van der Waals surface area contributed by atoms with E-state index in [2.05, 4.69) is 5.32 Å². The monoisotopic (exact) mass is 255 g/mol. The molecule has 4 heteroatoms. The van der Waals surface area contributed by atoms with Crippen molar-refractivity contribution in [3.63, 3.8) is 0 Å². The maximum atomic E-state index is 13.1. The summed E-state index contributed by atoms with van der Waals surface area (Å²) in [4.78, 5) is 0. The van der Waals surface area contributed by atoms with Crippen LogP contribution >= 0.6 is 0 Å². The van der Waals surface area contributed by atoms with Crippen molar-refractivity contribution in [3.05, 3.63) is 35.6 Å². The third kappa shape index (κ3) is 4.05. The van der Waals surface area contributed by atoms with E-state index in [4.69, 9.17) is 0 Å². The minimum Gasteiger partial charge on any atom is -0.394 e. The SMILES string of the molecule is CCC(CO)(CO)NC(C)Cc1cccc(F)c1. The minimum atomic E-state index is -0.660. The summed E-state index contributed by atoms with van der Waals surface area (Å²) in [7, 11) is 0. The minimum absolute atomic E-state index is 0.0473. The van der Waals surface area contributed by atoms with Crippen LogP contribution in [0.25, 0.3) is 0 Å². The van der Waals surface area contributed by atoms with Gasteiger partial charge in [0.1, 0.15) is 5.82 Å². The van der Waals surface area contributed by atoms with E-state index in [0.29, 0.717) is 12.8 Å². The number of benzene rings is 1. The van der Waals surface area contributed by atoms with Crippen molar-refractivity contribution in [3.8, 4) is 0 Å². The molecule has 0 bridgehead atoms. The van der Waals surface area contributed by atoms with Gasteiger partial charge in [-0.1, -0.05) is 19.1 Å². The van der Waals surface area contributed by atoms with E-state index in [9.17, 15) is 14.6 Å². The fourth-order valence-electron chi connectivity index (χ4n) is 2.06. The molecular formula is C14H22FNO2. The van der Waals surface area contributed by atoms with Gasteiger partial charge in [0, 0.05) is 6.04 Å². The molecule has 0 aliphatic carbocycles. The summed E-state index contributed by atoms with van der Waals surface area (Å²) < 4.78 is 13.1. The second kappa shape index (κ2) is 6.83. The van der Waals surface area contributed by atoms with E-state index in [0.717, 1.165) is 5.56 Å². The Hall–Kier alpha value is -0.970. The molecule has 0 aromatic heterocycles. The Bertz CT molecular complexity index is 358. The molecule has 1 rings (SSSR count). The van der Waals surface area contributed by atoms with Crippen molar-refractivity contribution in [2.24, 2.45) is 0 Å². The summed E-state index contributed by atoms with van der Waals surface area (Å²) in [5.74, 6) is -0.245. The summed E-state index contributed by atoms with van der Waals surface area (Å²) in [6, 6.07) is 6.52. The highest BCUT2D eigenvalue weighted by molar-refractivity contribution is 5.17. The summed E-state index contributed by atoms with van der Waals surface area (Å²) in [5, 5.41) is 21.9. The van der Waals surface area contributed by atoms with Crippen molar-refractivity contribution in [2.75, 3.05) is 13.2 Å². The summed E-state index contributed by atoms with van der Waals surface area (Å²) in [5.41, 5.74) is 0.239. The largest absolute Gasteiger partial charge is 0.394 e. The van der Waals surface area contributed by atoms with Gasteiger partial charge >= 0.3 is 0 Å². The molecule has 0 fully saturated rings. The molecule has 18 heavy (non-hydrogen) atoms. The zero-order valence-electron chi connectivity index (χ0n) is 11.0. The van der Waals surface area contributed by atoms with Crippen LogP contribution in [0.3, 0.4) is 0 Å². The van der Waals surface area contributed by atoms with Gasteiger partial charge in [0.25, 0.3) is 0 Å². The number of halogens is 1. The summed E-state index contributed by atoms with van der Waals surface area (Å²) in [6.45, 7) is 3.63. The lowest BCUT2D eigenvalue weighted by atomic mass is 9.95. The Kier molecular flexibility index (Phi) is 5.72. The molecule has 0 radical (unpaired) electrons. The third-order valence-corrected chi connectivity index (χ3v) is 3.27. The molecular weight excluding hydrogens is 233 g/mol. The highest BCUT2D eigenvalue weighted by Gasteiger charge is 2.27. The standard InChI is InChI=1S/C14H22FNO2/c1-3-14(9-17,10-18)16-11(2)7-12-5-4-6-13(15)8-12/h4-6,8,11,16-18H,3,7,9-10H2,1-2H3. The zero-order valence-corrected chi connectivity index (χ0v) is 11.0. The Morgan fingerprint density at radius 3 is 2.50 bits per heavy atom. The van der Waals surface area contributed by atoms with Crippen LogP contribution in [0.15, 0.2) is 24.3 Å². The molecule has 0 saturated carbocycles. The quantitative estimate of drug-likeness (QED) is 0.692. The van der Waals surface area contributed by atoms with Gasteiger partial charge in [0.15, 0.2) is 0 Å². The molecule has 0 spiro atoms. The van der Waals surface area contributed by atoms with Crippen molar-refractivity contribution < 1.29 is 14.6 Å². The van der Waals surface area contributed by atoms with Crippen molar-refractivity contribution in [1.29, 1.82) is 0 Å². The van der Waals surface area contributed by atoms with Crippen LogP contribution in [0.2, 0.25) is 0 Å². The molecule has 1 atom stereocenters. The van der Waals surface area contributed by atoms with Gasteiger partial charge in [-0.05, 0) is 37.5 Å². The van der Waals surface area contributed by atoms with Crippen LogP contribution in [0.5, 0.6) is 0 Å². The molecule has 0 amide bonds. The van der Waals surface area contributed by atoms with E-state index in [1.54, 1.807) is 6.07 Å². The maximum Gasteiger partial charge on any atom is 0.123 e. The fraction of sp³-hybridized carbons (Fsp3) is 0.571. The second-order valence-electron chi connectivity index (χ2n) is 4.83. The molecule has 1 aromatic carbocycles. The predicted octanol–water partition coefficient (Wildman–Crippen LogP) is 1.48. The lowest BCUT2D eigenvalue weighted by Gasteiger charge is -2.33. The number of aliphatic hydroxyl groups is 2. The first-order valence-electron chi connectivity index (χ1n) is 6.29. The van der Waals surface area contributed by atoms with Gasteiger partial charge in [-0.15, -0.1) is 0 Å². The molecule has 0 aliphatic heterocycles. The normalized spacial score (nSPS) is 13.6. The molecule has 3 N–H and O–H groups in total. The molecule has 0 saturated heterocycles. The highest BCUT2D eigenvalue weighted by Crippen LogP contribution is 2.12. The first-order valence-corrected chi connectivity index (χ1v) is 6.29. The highest BCUT2D eigenvalue weighted by atomic mass is 19.1. The van der Waals surface area contributed by atoms with Gasteiger partial charge in [-0.25, -0.2) is 4.39 Å². The van der Waals surface area contributed by atoms with Crippen molar-refractivity contribution in [1.82, 2.24) is 5.32 Å². The molecule has 102 valence electrons. The molecule has 1 unspecified atom stereocenters. The van der Waals surface area contributed by atoms with Crippen molar-refractivity contribution >= 4 is 0 Å². The Morgan fingerprint density at radius 1 is 1.33 bits per heavy atom. The first-order chi connectivity index (χ1) is 8.55. The first kappa shape index (κ1) is 15.1. The van der Waals surface area contributed by atoms with Crippen LogP contribution in [0, 0.1) is 5.82 Å². The van der Waals surface area contributed by atoms with Gasteiger partial charge < -0.3 is 15.5 Å². The number of rotatable bonds is 7. The van der Waals surface area contributed by atoms with Gasteiger partial charge in [-0.3, -0.25) is 0 Å².